The van der Waals surface area contributed by atoms with Crippen molar-refractivity contribution in [2.75, 3.05) is 5.32 Å². The van der Waals surface area contributed by atoms with Crippen molar-refractivity contribution in [2.45, 2.75) is 38.6 Å². The van der Waals surface area contributed by atoms with E-state index in [9.17, 15) is 4.79 Å². The monoisotopic (exact) mass is 259 g/mol. The molecule has 0 aliphatic heterocycles. The highest BCUT2D eigenvalue weighted by Crippen LogP contribution is 2.27. The van der Waals surface area contributed by atoms with Crippen LogP contribution in [0.15, 0.2) is 12.3 Å². The van der Waals surface area contributed by atoms with E-state index in [0.717, 1.165) is 24.8 Å². The van der Waals surface area contributed by atoms with Crippen molar-refractivity contribution in [3.8, 4) is 6.07 Å². The predicted octanol–water partition coefficient (Wildman–Crippen LogP) is 2.32. The van der Waals surface area contributed by atoms with Crippen LogP contribution in [0.2, 0.25) is 0 Å². The number of anilines is 1. The van der Waals surface area contributed by atoms with Crippen LogP contribution < -0.4 is 5.32 Å². The SMILES string of the molecule is Cc1ccnc(NC2CCCC(C(=O)O)C2)c1C#N. The summed E-state index contributed by atoms with van der Waals surface area (Å²) in [4.78, 5) is 15.2. The van der Waals surface area contributed by atoms with Crippen LogP contribution in [0.4, 0.5) is 5.82 Å². The molecule has 5 nitrogen and oxygen atoms in total. The van der Waals surface area contributed by atoms with Crippen molar-refractivity contribution in [1.82, 2.24) is 4.98 Å². The molecule has 1 heterocycles. The van der Waals surface area contributed by atoms with E-state index in [0.29, 0.717) is 17.8 Å². The van der Waals surface area contributed by atoms with Gasteiger partial charge >= 0.3 is 5.97 Å². The Labute approximate surface area is 112 Å². The molecule has 2 atom stereocenters. The average molecular weight is 259 g/mol. The highest BCUT2D eigenvalue weighted by Gasteiger charge is 2.27. The van der Waals surface area contributed by atoms with E-state index in [1.165, 1.54) is 0 Å². The van der Waals surface area contributed by atoms with Gasteiger partial charge in [0.05, 0.1) is 11.5 Å². The Hall–Kier alpha value is -2.09. The normalized spacial score (nSPS) is 22.5. The quantitative estimate of drug-likeness (QED) is 0.870. The van der Waals surface area contributed by atoms with Gasteiger partial charge in [0, 0.05) is 12.2 Å². The number of aliphatic carboxylic acids is 1. The molecule has 19 heavy (non-hydrogen) atoms. The van der Waals surface area contributed by atoms with Crippen molar-refractivity contribution in [2.24, 2.45) is 5.92 Å². The molecule has 1 saturated carbocycles. The Bertz CT molecular complexity index is 522. The maximum atomic E-state index is 11.0. The summed E-state index contributed by atoms with van der Waals surface area (Å²) in [6, 6.07) is 4.02. The zero-order valence-electron chi connectivity index (χ0n) is 10.9. The highest BCUT2D eigenvalue weighted by molar-refractivity contribution is 5.70. The van der Waals surface area contributed by atoms with Gasteiger partial charge in [0.25, 0.3) is 0 Å². The maximum absolute atomic E-state index is 11.0. The van der Waals surface area contributed by atoms with Gasteiger partial charge in [-0.25, -0.2) is 4.98 Å². The van der Waals surface area contributed by atoms with Gasteiger partial charge in [-0.05, 0) is 37.8 Å². The van der Waals surface area contributed by atoms with Crippen LogP contribution in [0, 0.1) is 24.2 Å². The first kappa shape index (κ1) is 13.3. The van der Waals surface area contributed by atoms with Gasteiger partial charge in [-0.15, -0.1) is 0 Å². The zero-order valence-corrected chi connectivity index (χ0v) is 10.9. The van der Waals surface area contributed by atoms with E-state index in [1.54, 1.807) is 12.3 Å². The topological polar surface area (TPSA) is 86.0 Å². The van der Waals surface area contributed by atoms with Gasteiger partial charge in [0.1, 0.15) is 11.9 Å². The Balaban J connectivity index is 2.11. The first-order valence-electron chi connectivity index (χ1n) is 6.47. The lowest BCUT2D eigenvalue weighted by molar-refractivity contribution is -0.142. The van der Waals surface area contributed by atoms with Gasteiger partial charge in [-0.3, -0.25) is 4.79 Å². The molecule has 0 spiro atoms. The van der Waals surface area contributed by atoms with Crippen molar-refractivity contribution in [1.29, 1.82) is 5.26 Å². The van der Waals surface area contributed by atoms with Crippen molar-refractivity contribution >= 4 is 11.8 Å². The molecular weight excluding hydrogens is 242 g/mol. The number of carbonyl (C=O) groups is 1. The van der Waals surface area contributed by atoms with Crippen molar-refractivity contribution < 1.29 is 9.90 Å². The molecule has 1 aromatic heterocycles. The smallest absolute Gasteiger partial charge is 0.306 e. The van der Waals surface area contributed by atoms with Gasteiger partial charge in [0.15, 0.2) is 0 Å². The summed E-state index contributed by atoms with van der Waals surface area (Å²) >= 11 is 0. The Morgan fingerprint density at radius 1 is 1.58 bits per heavy atom. The molecule has 0 saturated heterocycles. The minimum atomic E-state index is -0.732. The molecule has 2 unspecified atom stereocenters. The third-order valence-corrected chi connectivity index (χ3v) is 3.64. The molecule has 100 valence electrons. The zero-order chi connectivity index (χ0) is 13.8. The molecule has 0 radical (unpaired) electrons. The number of pyridine rings is 1. The minimum absolute atomic E-state index is 0.0799. The lowest BCUT2D eigenvalue weighted by Gasteiger charge is -2.28. The summed E-state index contributed by atoms with van der Waals surface area (Å²) in [5.74, 6) is -0.454. The van der Waals surface area contributed by atoms with Gasteiger partial charge in [0.2, 0.25) is 0 Å². The summed E-state index contributed by atoms with van der Waals surface area (Å²) in [6.45, 7) is 1.87. The van der Waals surface area contributed by atoms with Gasteiger partial charge < -0.3 is 10.4 Å². The number of nitrogens with zero attached hydrogens (tertiary/aromatic N) is 2. The minimum Gasteiger partial charge on any atom is -0.481 e. The molecular formula is C14H17N3O2. The Kier molecular flexibility index (Phi) is 4.00. The maximum Gasteiger partial charge on any atom is 0.306 e. The second-order valence-corrected chi connectivity index (χ2v) is 5.01. The number of aryl methyl sites for hydroxylation is 1. The molecule has 1 aliphatic rings. The molecule has 0 bridgehead atoms. The summed E-state index contributed by atoms with van der Waals surface area (Å²) in [5, 5.41) is 21.4. The van der Waals surface area contributed by atoms with Crippen LogP contribution >= 0.6 is 0 Å². The molecule has 2 rings (SSSR count). The third-order valence-electron chi connectivity index (χ3n) is 3.64. The second kappa shape index (κ2) is 5.70. The predicted molar refractivity (Wildman–Crippen MR) is 70.7 cm³/mol. The third kappa shape index (κ3) is 3.02. The number of hydrogen-bond donors (Lipinski definition) is 2. The summed E-state index contributed by atoms with van der Waals surface area (Å²) in [7, 11) is 0. The van der Waals surface area contributed by atoms with Crippen LogP contribution in [-0.2, 0) is 4.79 Å². The number of hydrogen-bond acceptors (Lipinski definition) is 4. The van der Waals surface area contributed by atoms with E-state index in [4.69, 9.17) is 10.4 Å². The van der Waals surface area contributed by atoms with E-state index < -0.39 is 5.97 Å². The largest absolute Gasteiger partial charge is 0.481 e. The summed E-state index contributed by atoms with van der Waals surface area (Å²) < 4.78 is 0. The number of rotatable bonds is 3. The van der Waals surface area contributed by atoms with Crippen molar-refractivity contribution in [3.05, 3.63) is 23.4 Å². The lowest BCUT2D eigenvalue weighted by atomic mass is 9.85. The molecule has 1 aliphatic carbocycles. The van der Waals surface area contributed by atoms with Gasteiger partial charge in [-0.1, -0.05) is 6.42 Å². The molecule has 0 aromatic carbocycles. The molecule has 1 fully saturated rings. The molecule has 2 N–H and O–H groups in total. The number of nitrogens with one attached hydrogen (secondary N) is 1. The van der Waals surface area contributed by atoms with Gasteiger partial charge in [-0.2, -0.15) is 5.26 Å². The number of aromatic nitrogens is 1. The fraction of sp³-hybridized carbons (Fsp3) is 0.500. The molecule has 1 aromatic rings. The summed E-state index contributed by atoms with van der Waals surface area (Å²) in [5.41, 5.74) is 1.42. The second-order valence-electron chi connectivity index (χ2n) is 5.01. The first-order valence-corrected chi connectivity index (χ1v) is 6.47. The summed E-state index contributed by atoms with van der Waals surface area (Å²) in [6.07, 6.45) is 4.80. The number of carboxylic acids is 1. The van der Waals surface area contributed by atoms with Crippen LogP contribution in [-0.4, -0.2) is 22.1 Å². The lowest BCUT2D eigenvalue weighted by Crippen LogP contribution is -2.31. The number of carboxylic acid groups (broad SMARTS) is 1. The van der Waals surface area contributed by atoms with Crippen molar-refractivity contribution in [3.63, 3.8) is 0 Å². The first-order chi connectivity index (χ1) is 9.11. The van der Waals surface area contributed by atoms with Crippen LogP contribution in [0.3, 0.4) is 0 Å². The van der Waals surface area contributed by atoms with E-state index in [2.05, 4.69) is 16.4 Å². The number of nitriles is 1. The van der Waals surface area contributed by atoms with Crippen LogP contribution in [0.5, 0.6) is 0 Å². The Morgan fingerprint density at radius 2 is 2.37 bits per heavy atom. The fourth-order valence-corrected chi connectivity index (χ4v) is 2.55. The Morgan fingerprint density at radius 3 is 3.05 bits per heavy atom. The fourth-order valence-electron chi connectivity index (χ4n) is 2.55. The van der Waals surface area contributed by atoms with Crippen LogP contribution in [0.1, 0.15) is 36.8 Å². The van der Waals surface area contributed by atoms with E-state index >= 15 is 0 Å². The molecule has 0 amide bonds. The average Bonchev–Trinajstić information content (AvgIpc) is 2.39. The highest BCUT2D eigenvalue weighted by atomic mass is 16.4. The standard InChI is InChI=1S/C14H17N3O2/c1-9-5-6-16-13(12(9)8-15)17-11-4-2-3-10(7-11)14(18)19/h5-6,10-11H,2-4,7H2,1H3,(H,16,17)(H,18,19). The van der Waals surface area contributed by atoms with E-state index in [1.807, 2.05) is 6.92 Å². The van der Waals surface area contributed by atoms with E-state index in [-0.39, 0.29) is 12.0 Å². The van der Waals surface area contributed by atoms with Crippen LogP contribution in [0.25, 0.3) is 0 Å². The molecule has 5 heteroatoms.